The molecule has 4 aromatic rings. The summed E-state index contributed by atoms with van der Waals surface area (Å²) in [6, 6.07) is 11.5. The summed E-state index contributed by atoms with van der Waals surface area (Å²) in [7, 11) is 0. The molecule has 0 unspecified atom stereocenters. The van der Waals surface area contributed by atoms with Crippen LogP contribution in [0.15, 0.2) is 72.3 Å². The molecule has 0 spiro atoms. The molecule has 0 aliphatic carbocycles. The third-order valence-electron chi connectivity index (χ3n) is 3.69. The highest BCUT2D eigenvalue weighted by molar-refractivity contribution is 5.75. The number of hydrogen-bond donors (Lipinski definition) is 0. The lowest BCUT2D eigenvalue weighted by molar-refractivity contribution is 0.747. The van der Waals surface area contributed by atoms with Crippen LogP contribution >= 0.6 is 0 Å². The second-order valence-electron chi connectivity index (χ2n) is 5.19. The van der Waals surface area contributed by atoms with E-state index < -0.39 is 0 Å². The van der Waals surface area contributed by atoms with Gasteiger partial charge in [0.1, 0.15) is 0 Å². The summed E-state index contributed by atoms with van der Waals surface area (Å²) in [5, 5.41) is 4.77. The number of aromatic nitrogens is 5. The van der Waals surface area contributed by atoms with Gasteiger partial charge in [-0.25, -0.2) is 9.67 Å². The Morgan fingerprint density at radius 2 is 1.91 bits per heavy atom. The van der Waals surface area contributed by atoms with Gasteiger partial charge in [0.2, 0.25) is 0 Å². The van der Waals surface area contributed by atoms with Crippen LogP contribution in [0.1, 0.15) is 5.56 Å². The lowest BCUT2D eigenvalue weighted by Gasteiger charge is -2.08. The number of benzene rings is 1. The van der Waals surface area contributed by atoms with E-state index in [0.29, 0.717) is 17.4 Å². The molecule has 6 nitrogen and oxygen atoms in total. The standard InChI is InChI=1S/C17H13N5O/c23-17-15-6-8-18-10-16(15)19-12-21(17)11-13-2-4-14(5-3-13)22-9-1-7-20-22/h1-10,12H,11H2. The van der Waals surface area contributed by atoms with Gasteiger partial charge in [-0.05, 0) is 29.8 Å². The van der Waals surface area contributed by atoms with Crippen molar-refractivity contribution in [2.75, 3.05) is 0 Å². The molecule has 1 aromatic carbocycles. The second-order valence-corrected chi connectivity index (χ2v) is 5.19. The fourth-order valence-corrected chi connectivity index (χ4v) is 2.49. The minimum absolute atomic E-state index is 0.0615. The number of pyridine rings is 1. The van der Waals surface area contributed by atoms with E-state index in [9.17, 15) is 4.79 Å². The fourth-order valence-electron chi connectivity index (χ4n) is 2.49. The predicted octanol–water partition coefficient (Wildman–Crippen LogP) is 2.03. The minimum Gasteiger partial charge on any atom is -0.294 e. The van der Waals surface area contributed by atoms with Crippen molar-refractivity contribution in [3.8, 4) is 5.69 Å². The summed E-state index contributed by atoms with van der Waals surface area (Å²) >= 11 is 0. The first-order valence-corrected chi connectivity index (χ1v) is 7.19. The molecule has 0 atom stereocenters. The SMILES string of the molecule is O=c1c2ccncc2ncn1Cc1ccc(-n2cccn2)cc1. The molecule has 0 fully saturated rings. The van der Waals surface area contributed by atoms with Crippen LogP contribution in [-0.2, 0) is 6.54 Å². The van der Waals surface area contributed by atoms with Crippen molar-refractivity contribution < 1.29 is 0 Å². The third-order valence-corrected chi connectivity index (χ3v) is 3.69. The van der Waals surface area contributed by atoms with Crippen LogP contribution in [0.2, 0.25) is 0 Å². The molecule has 0 saturated heterocycles. The van der Waals surface area contributed by atoms with E-state index in [1.54, 1.807) is 40.2 Å². The molecule has 112 valence electrons. The molecule has 23 heavy (non-hydrogen) atoms. The van der Waals surface area contributed by atoms with Crippen molar-refractivity contribution in [1.82, 2.24) is 24.3 Å². The smallest absolute Gasteiger partial charge is 0.261 e. The number of fused-ring (bicyclic) bond motifs is 1. The first-order valence-electron chi connectivity index (χ1n) is 7.19. The van der Waals surface area contributed by atoms with Crippen LogP contribution in [-0.4, -0.2) is 24.3 Å². The molecule has 0 amide bonds. The van der Waals surface area contributed by atoms with E-state index in [1.165, 1.54) is 0 Å². The highest BCUT2D eigenvalue weighted by Gasteiger charge is 2.05. The molecule has 3 aromatic heterocycles. The van der Waals surface area contributed by atoms with Crippen LogP contribution in [0.25, 0.3) is 16.6 Å². The molecule has 0 aliphatic heterocycles. The Labute approximate surface area is 131 Å². The summed E-state index contributed by atoms with van der Waals surface area (Å²) in [4.78, 5) is 20.7. The topological polar surface area (TPSA) is 65.6 Å². The largest absolute Gasteiger partial charge is 0.294 e. The van der Waals surface area contributed by atoms with Gasteiger partial charge in [-0.3, -0.25) is 14.3 Å². The van der Waals surface area contributed by atoms with Gasteiger partial charge < -0.3 is 0 Å². The molecule has 3 heterocycles. The number of hydrogen-bond acceptors (Lipinski definition) is 4. The molecule has 0 bridgehead atoms. The normalized spacial score (nSPS) is 11.0. The Balaban J connectivity index is 1.66. The van der Waals surface area contributed by atoms with Gasteiger partial charge >= 0.3 is 0 Å². The van der Waals surface area contributed by atoms with Crippen LogP contribution < -0.4 is 5.56 Å². The highest BCUT2D eigenvalue weighted by Crippen LogP contribution is 2.10. The summed E-state index contributed by atoms with van der Waals surface area (Å²) in [5.74, 6) is 0. The zero-order valence-electron chi connectivity index (χ0n) is 12.2. The van der Waals surface area contributed by atoms with Crippen LogP contribution in [0.4, 0.5) is 0 Å². The number of rotatable bonds is 3. The lowest BCUT2D eigenvalue weighted by atomic mass is 10.2. The van der Waals surface area contributed by atoms with Crippen molar-refractivity contribution in [1.29, 1.82) is 0 Å². The number of nitrogens with zero attached hydrogens (tertiary/aromatic N) is 5. The second kappa shape index (κ2) is 5.49. The van der Waals surface area contributed by atoms with Crippen LogP contribution in [0.3, 0.4) is 0 Å². The molecule has 4 rings (SSSR count). The van der Waals surface area contributed by atoms with Gasteiger partial charge in [-0.1, -0.05) is 12.1 Å². The fraction of sp³-hybridized carbons (Fsp3) is 0.0588. The maximum absolute atomic E-state index is 12.5. The van der Waals surface area contributed by atoms with Gasteiger partial charge in [0.15, 0.2) is 0 Å². The monoisotopic (exact) mass is 303 g/mol. The third kappa shape index (κ3) is 2.50. The van der Waals surface area contributed by atoms with Crippen molar-refractivity contribution in [2.24, 2.45) is 0 Å². The summed E-state index contributed by atoms with van der Waals surface area (Å²) < 4.78 is 3.39. The molecular weight excluding hydrogens is 290 g/mol. The van der Waals surface area contributed by atoms with E-state index in [0.717, 1.165) is 11.3 Å². The summed E-state index contributed by atoms with van der Waals surface area (Å²) in [6.07, 6.45) is 8.40. The first-order chi connectivity index (χ1) is 11.3. The predicted molar refractivity (Wildman–Crippen MR) is 86.5 cm³/mol. The van der Waals surface area contributed by atoms with Crippen molar-refractivity contribution >= 4 is 10.9 Å². The molecule has 6 heteroatoms. The Morgan fingerprint density at radius 1 is 1.04 bits per heavy atom. The lowest BCUT2D eigenvalue weighted by Crippen LogP contribution is -2.21. The first kappa shape index (κ1) is 13.4. The zero-order valence-corrected chi connectivity index (χ0v) is 12.2. The summed E-state index contributed by atoms with van der Waals surface area (Å²) in [6.45, 7) is 0.476. The van der Waals surface area contributed by atoms with Crippen molar-refractivity contribution in [3.05, 3.63) is 83.4 Å². The van der Waals surface area contributed by atoms with E-state index in [1.807, 2.05) is 36.5 Å². The van der Waals surface area contributed by atoms with Crippen LogP contribution in [0, 0.1) is 0 Å². The van der Waals surface area contributed by atoms with Crippen LogP contribution in [0.5, 0.6) is 0 Å². The van der Waals surface area contributed by atoms with Gasteiger partial charge in [0.05, 0.1) is 35.7 Å². The Bertz CT molecular complexity index is 1000. The molecule has 0 saturated carbocycles. The van der Waals surface area contributed by atoms with E-state index in [4.69, 9.17) is 0 Å². The molecule has 0 radical (unpaired) electrons. The van der Waals surface area contributed by atoms with Gasteiger partial charge in [0.25, 0.3) is 5.56 Å². The summed E-state index contributed by atoms with van der Waals surface area (Å²) in [5.41, 5.74) is 2.56. The van der Waals surface area contributed by atoms with E-state index in [-0.39, 0.29) is 5.56 Å². The van der Waals surface area contributed by atoms with Crippen molar-refractivity contribution in [2.45, 2.75) is 6.54 Å². The van der Waals surface area contributed by atoms with E-state index in [2.05, 4.69) is 15.1 Å². The van der Waals surface area contributed by atoms with Gasteiger partial charge in [0, 0.05) is 18.6 Å². The molecule has 0 N–H and O–H groups in total. The van der Waals surface area contributed by atoms with E-state index >= 15 is 0 Å². The quantitative estimate of drug-likeness (QED) is 0.581. The Morgan fingerprint density at radius 3 is 2.70 bits per heavy atom. The maximum atomic E-state index is 12.5. The highest BCUT2D eigenvalue weighted by atomic mass is 16.1. The molecular formula is C17H13N5O. The van der Waals surface area contributed by atoms with Gasteiger partial charge in [-0.2, -0.15) is 5.10 Å². The Hall–Kier alpha value is -3.28. The average molecular weight is 303 g/mol. The molecule has 0 aliphatic rings. The van der Waals surface area contributed by atoms with Crippen molar-refractivity contribution in [3.63, 3.8) is 0 Å². The maximum Gasteiger partial charge on any atom is 0.261 e. The minimum atomic E-state index is -0.0615. The average Bonchev–Trinajstić information content (AvgIpc) is 3.13. The zero-order chi connectivity index (χ0) is 15.6. The van der Waals surface area contributed by atoms with Gasteiger partial charge in [-0.15, -0.1) is 0 Å². The Kier molecular flexibility index (Phi) is 3.20.